The first-order valence-corrected chi connectivity index (χ1v) is 8.95. The molecule has 1 saturated heterocycles. The molecular formula is C18H30ClIN4O. The number of benzene rings is 1. The quantitative estimate of drug-likeness (QED) is 0.373. The minimum absolute atomic E-state index is 0. The molecule has 0 amide bonds. The summed E-state index contributed by atoms with van der Waals surface area (Å²) < 4.78 is 5.53. The van der Waals surface area contributed by atoms with Crippen molar-refractivity contribution in [1.82, 2.24) is 15.5 Å². The van der Waals surface area contributed by atoms with Crippen molar-refractivity contribution in [2.45, 2.75) is 31.8 Å². The van der Waals surface area contributed by atoms with E-state index in [0.29, 0.717) is 6.54 Å². The summed E-state index contributed by atoms with van der Waals surface area (Å²) in [5.74, 6) is 0.847. The van der Waals surface area contributed by atoms with Crippen LogP contribution in [-0.4, -0.2) is 56.8 Å². The lowest BCUT2D eigenvalue weighted by molar-refractivity contribution is -0.00501. The molecule has 0 spiro atoms. The molecule has 1 aliphatic rings. The van der Waals surface area contributed by atoms with Gasteiger partial charge in [-0.1, -0.05) is 23.7 Å². The van der Waals surface area contributed by atoms with Crippen molar-refractivity contribution >= 4 is 41.5 Å². The Hall–Kier alpha value is -0.570. The Morgan fingerprint density at radius 2 is 1.84 bits per heavy atom. The lowest BCUT2D eigenvalue weighted by atomic mass is 9.88. The van der Waals surface area contributed by atoms with Crippen molar-refractivity contribution in [1.29, 1.82) is 0 Å². The maximum absolute atomic E-state index is 5.93. The van der Waals surface area contributed by atoms with Gasteiger partial charge in [0.25, 0.3) is 0 Å². The minimum atomic E-state index is 0. The van der Waals surface area contributed by atoms with Crippen LogP contribution < -0.4 is 10.6 Å². The van der Waals surface area contributed by atoms with Gasteiger partial charge in [-0.05, 0) is 51.6 Å². The van der Waals surface area contributed by atoms with Crippen molar-refractivity contribution in [3.05, 3.63) is 34.9 Å². The molecule has 5 nitrogen and oxygen atoms in total. The van der Waals surface area contributed by atoms with Crippen LogP contribution in [0.15, 0.2) is 29.3 Å². The molecule has 0 aromatic heterocycles. The van der Waals surface area contributed by atoms with Crippen molar-refractivity contribution in [2.75, 3.05) is 40.4 Å². The van der Waals surface area contributed by atoms with Crippen LogP contribution in [0.4, 0.5) is 0 Å². The largest absolute Gasteiger partial charge is 0.381 e. The molecule has 1 aliphatic heterocycles. The van der Waals surface area contributed by atoms with Gasteiger partial charge in [0.2, 0.25) is 0 Å². The van der Waals surface area contributed by atoms with E-state index in [1.54, 1.807) is 0 Å². The lowest BCUT2D eigenvalue weighted by Crippen LogP contribution is -2.57. The van der Waals surface area contributed by atoms with Crippen LogP contribution >= 0.6 is 35.6 Å². The summed E-state index contributed by atoms with van der Waals surface area (Å²) in [6, 6.07) is 7.82. The second-order valence-corrected chi connectivity index (χ2v) is 6.84. The molecule has 7 heteroatoms. The summed E-state index contributed by atoms with van der Waals surface area (Å²) in [4.78, 5) is 7.00. The number of hydrogen-bond donors (Lipinski definition) is 2. The Bertz CT molecular complexity index is 530. The monoisotopic (exact) mass is 480 g/mol. The molecule has 142 valence electrons. The number of nitrogens with one attached hydrogen (secondary N) is 2. The molecule has 0 saturated carbocycles. The molecule has 1 fully saturated rings. The fourth-order valence-corrected chi connectivity index (χ4v) is 3.01. The number of likely N-dealkylation sites (N-methyl/N-ethyl adjacent to an activating group) is 1. The second-order valence-electron chi connectivity index (χ2n) is 6.41. The van der Waals surface area contributed by atoms with Gasteiger partial charge in [-0.15, -0.1) is 24.0 Å². The summed E-state index contributed by atoms with van der Waals surface area (Å²) in [5, 5.41) is 7.58. The highest BCUT2D eigenvalue weighted by atomic mass is 127. The molecule has 1 aromatic rings. The standard InChI is InChI=1S/C18H29ClN4O.HI/c1-4-20-17(21-13-15-5-7-16(19)8-6-15)22-14-18(23(2)3)9-11-24-12-10-18;/h5-8H,4,9-14H2,1-3H3,(H2,20,21,22);1H. The summed E-state index contributed by atoms with van der Waals surface area (Å²) in [6.07, 6.45) is 2.06. The fourth-order valence-electron chi connectivity index (χ4n) is 2.88. The molecule has 0 bridgehead atoms. The molecule has 1 heterocycles. The lowest BCUT2D eigenvalue weighted by Gasteiger charge is -2.43. The maximum atomic E-state index is 5.93. The zero-order valence-corrected chi connectivity index (χ0v) is 18.4. The van der Waals surface area contributed by atoms with Crippen LogP contribution in [0.5, 0.6) is 0 Å². The van der Waals surface area contributed by atoms with E-state index in [-0.39, 0.29) is 29.5 Å². The number of aliphatic imine (C=N–C) groups is 1. The van der Waals surface area contributed by atoms with Gasteiger partial charge in [0, 0.05) is 36.9 Å². The van der Waals surface area contributed by atoms with E-state index in [4.69, 9.17) is 16.3 Å². The van der Waals surface area contributed by atoms with Crippen molar-refractivity contribution in [2.24, 2.45) is 4.99 Å². The maximum Gasteiger partial charge on any atom is 0.191 e. The van der Waals surface area contributed by atoms with Crippen LogP contribution in [0.25, 0.3) is 0 Å². The SMILES string of the molecule is CCNC(=NCc1ccc(Cl)cc1)NCC1(N(C)C)CCOCC1.I. The highest BCUT2D eigenvalue weighted by molar-refractivity contribution is 14.0. The third-order valence-electron chi connectivity index (χ3n) is 4.63. The third-order valence-corrected chi connectivity index (χ3v) is 4.89. The summed E-state index contributed by atoms with van der Waals surface area (Å²) in [7, 11) is 4.29. The van der Waals surface area contributed by atoms with E-state index in [1.165, 1.54) is 0 Å². The first-order valence-electron chi connectivity index (χ1n) is 8.57. The Balaban J connectivity index is 0.00000312. The topological polar surface area (TPSA) is 48.9 Å². The predicted octanol–water partition coefficient (Wildman–Crippen LogP) is 3.12. The van der Waals surface area contributed by atoms with E-state index in [1.807, 2.05) is 24.3 Å². The van der Waals surface area contributed by atoms with E-state index >= 15 is 0 Å². The highest BCUT2D eigenvalue weighted by Gasteiger charge is 2.34. The molecule has 0 radical (unpaired) electrons. The molecule has 1 aromatic carbocycles. The van der Waals surface area contributed by atoms with Crippen LogP contribution in [0.1, 0.15) is 25.3 Å². The zero-order chi connectivity index (χ0) is 17.4. The summed E-state index contributed by atoms with van der Waals surface area (Å²) in [6.45, 7) is 6.04. The van der Waals surface area contributed by atoms with Gasteiger partial charge in [0.05, 0.1) is 6.54 Å². The molecule has 0 aliphatic carbocycles. The molecule has 2 rings (SSSR count). The van der Waals surface area contributed by atoms with E-state index < -0.39 is 0 Å². The zero-order valence-electron chi connectivity index (χ0n) is 15.3. The normalized spacial score (nSPS) is 17.1. The van der Waals surface area contributed by atoms with Crippen LogP contribution in [0.3, 0.4) is 0 Å². The number of ether oxygens (including phenoxy) is 1. The molecule has 0 unspecified atom stereocenters. The Labute approximate surface area is 173 Å². The van der Waals surface area contributed by atoms with E-state index in [0.717, 1.165) is 55.7 Å². The van der Waals surface area contributed by atoms with E-state index in [2.05, 4.69) is 41.5 Å². The van der Waals surface area contributed by atoms with Crippen LogP contribution in [0.2, 0.25) is 5.02 Å². The van der Waals surface area contributed by atoms with Gasteiger partial charge < -0.3 is 20.3 Å². The summed E-state index contributed by atoms with van der Waals surface area (Å²) >= 11 is 5.93. The average molecular weight is 481 g/mol. The van der Waals surface area contributed by atoms with Gasteiger partial charge in [-0.2, -0.15) is 0 Å². The Morgan fingerprint density at radius 1 is 1.20 bits per heavy atom. The molecule has 2 N–H and O–H groups in total. The first-order chi connectivity index (χ1) is 11.6. The van der Waals surface area contributed by atoms with Gasteiger partial charge in [-0.3, -0.25) is 0 Å². The van der Waals surface area contributed by atoms with Gasteiger partial charge >= 0.3 is 0 Å². The Morgan fingerprint density at radius 3 is 2.40 bits per heavy atom. The molecule has 0 atom stereocenters. The number of nitrogens with zero attached hydrogens (tertiary/aromatic N) is 2. The van der Waals surface area contributed by atoms with Gasteiger partial charge in [0.1, 0.15) is 0 Å². The van der Waals surface area contributed by atoms with Crippen molar-refractivity contribution in [3.63, 3.8) is 0 Å². The molecular weight excluding hydrogens is 451 g/mol. The summed E-state index contributed by atoms with van der Waals surface area (Å²) in [5.41, 5.74) is 1.26. The Kier molecular flexibility index (Phi) is 10.1. The van der Waals surface area contributed by atoms with Gasteiger partial charge in [-0.25, -0.2) is 4.99 Å². The van der Waals surface area contributed by atoms with Crippen LogP contribution in [0, 0.1) is 0 Å². The molecule has 25 heavy (non-hydrogen) atoms. The number of hydrogen-bond acceptors (Lipinski definition) is 3. The first kappa shape index (κ1) is 22.5. The minimum Gasteiger partial charge on any atom is -0.381 e. The smallest absolute Gasteiger partial charge is 0.191 e. The predicted molar refractivity (Wildman–Crippen MR) is 116 cm³/mol. The average Bonchev–Trinajstić information content (AvgIpc) is 2.59. The fraction of sp³-hybridized carbons (Fsp3) is 0.611. The number of rotatable bonds is 6. The van der Waals surface area contributed by atoms with Crippen molar-refractivity contribution < 1.29 is 4.74 Å². The number of halogens is 2. The van der Waals surface area contributed by atoms with E-state index in [9.17, 15) is 0 Å². The van der Waals surface area contributed by atoms with Gasteiger partial charge in [0.15, 0.2) is 5.96 Å². The van der Waals surface area contributed by atoms with Crippen LogP contribution in [-0.2, 0) is 11.3 Å². The third kappa shape index (κ3) is 6.92. The van der Waals surface area contributed by atoms with Crippen molar-refractivity contribution in [3.8, 4) is 0 Å². The second kappa shape index (κ2) is 11.2. The number of guanidine groups is 1. The highest BCUT2D eigenvalue weighted by Crippen LogP contribution is 2.25.